The number of nitrogens with one attached hydrogen (secondary N) is 1. The van der Waals surface area contributed by atoms with Crippen LogP contribution in [0.3, 0.4) is 0 Å². The minimum atomic E-state index is -0.716. The monoisotopic (exact) mass is 402 g/mol. The first kappa shape index (κ1) is 19.6. The zero-order chi connectivity index (χ0) is 21.1. The van der Waals surface area contributed by atoms with Crippen molar-refractivity contribution in [1.82, 2.24) is 9.88 Å². The molecule has 2 heterocycles. The topological polar surface area (TPSA) is 89.2 Å². The van der Waals surface area contributed by atoms with Crippen LogP contribution in [0.2, 0.25) is 0 Å². The smallest absolute Gasteiger partial charge is 0.323 e. The molecule has 3 aromatic rings. The van der Waals surface area contributed by atoms with Gasteiger partial charge in [0, 0.05) is 24.0 Å². The maximum absolute atomic E-state index is 13.1. The number of pyridine rings is 1. The number of hydrogen-bond donors (Lipinski definition) is 2. The van der Waals surface area contributed by atoms with Gasteiger partial charge < -0.3 is 15.3 Å². The predicted octanol–water partition coefficient (Wildman–Crippen LogP) is 3.77. The van der Waals surface area contributed by atoms with Gasteiger partial charge in [0.05, 0.1) is 18.7 Å². The van der Waals surface area contributed by atoms with Crippen LogP contribution < -0.4 is 5.32 Å². The molecule has 30 heavy (non-hydrogen) atoms. The van der Waals surface area contributed by atoms with Crippen molar-refractivity contribution in [2.24, 2.45) is 0 Å². The highest BCUT2D eigenvalue weighted by Gasteiger charge is 2.51. The Kier molecular flexibility index (Phi) is 5.42. The SMILES string of the molecule is N#C[C@@H]1[C@H](c2ccc(-c3cccnc3)cc2)[C@H](CO)N1C(=O)Nc1ccc(F)cc1. The van der Waals surface area contributed by atoms with Gasteiger partial charge in [0.15, 0.2) is 0 Å². The molecule has 2 aromatic carbocycles. The molecule has 0 unspecified atom stereocenters. The Hall–Kier alpha value is -3.76. The third-order valence-electron chi connectivity index (χ3n) is 5.35. The van der Waals surface area contributed by atoms with E-state index in [1.54, 1.807) is 12.4 Å². The van der Waals surface area contributed by atoms with E-state index >= 15 is 0 Å². The Morgan fingerprint density at radius 2 is 1.87 bits per heavy atom. The predicted molar refractivity (Wildman–Crippen MR) is 110 cm³/mol. The van der Waals surface area contributed by atoms with Gasteiger partial charge in [0.1, 0.15) is 11.9 Å². The molecular formula is C23H19FN4O2. The highest BCUT2D eigenvalue weighted by atomic mass is 19.1. The molecule has 1 saturated heterocycles. The molecule has 1 fully saturated rings. The zero-order valence-corrected chi connectivity index (χ0v) is 15.9. The van der Waals surface area contributed by atoms with Crippen molar-refractivity contribution >= 4 is 11.7 Å². The van der Waals surface area contributed by atoms with Gasteiger partial charge in [0.25, 0.3) is 0 Å². The highest BCUT2D eigenvalue weighted by molar-refractivity contribution is 5.91. The molecule has 4 rings (SSSR count). The number of amides is 2. The van der Waals surface area contributed by atoms with Gasteiger partial charge in [0.2, 0.25) is 0 Å². The summed E-state index contributed by atoms with van der Waals surface area (Å²) in [5.41, 5.74) is 3.26. The summed E-state index contributed by atoms with van der Waals surface area (Å²) in [6, 6.07) is 17.3. The number of aliphatic hydroxyl groups excluding tert-OH is 1. The lowest BCUT2D eigenvalue weighted by Crippen LogP contribution is -2.66. The first-order valence-corrected chi connectivity index (χ1v) is 9.48. The molecule has 0 aliphatic carbocycles. The second kappa shape index (κ2) is 8.31. The van der Waals surface area contributed by atoms with E-state index in [4.69, 9.17) is 0 Å². The summed E-state index contributed by atoms with van der Waals surface area (Å²) in [7, 11) is 0. The second-order valence-electron chi connectivity index (χ2n) is 7.06. The first-order chi connectivity index (χ1) is 14.6. The van der Waals surface area contributed by atoms with Gasteiger partial charge in [-0.2, -0.15) is 5.26 Å². The number of aliphatic hydroxyl groups is 1. The van der Waals surface area contributed by atoms with Gasteiger partial charge in [-0.15, -0.1) is 0 Å². The summed E-state index contributed by atoms with van der Waals surface area (Å²) in [5, 5.41) is 22.2. The Bertz CT molecular complexity index is 1070. The van der Waals surface area contributed by atoms with E-state index in [-0.39, 0.29) is 12.5 Å². The number of carbonyl (C=O) groups is 1. The Labute approximate surface area is 173 Å². The lowest BCUT2D eigenvalue weighted by molar-refractivity contribution is 0.0224. The second-order valence-corrected chi connectivity index (χ2v) is 7.06. The average Bonchev–Trinajstić information content (AvgIpc) is 2.76. The van der Waals surface area contributed by atoms with E-state index in [0.29, 0.717) is 5.69 Å². The molecule has 0 bridgehead atoms. The molecule has 0 radical (unpaired) electrons. The van der Waals surface area contributed by atoms with Gasteiger partial charge >= 0.3 is 6.03 Å². The van der Waals surface area contributed by atoms with Gasteiger partial charge in [-0.1, -0.05) is 30.3 Å². The highest BCUT2D eigenvalue weighted by Crippen LogP contribution is 2.41. The summed E-state index contributed by atoms with van der Waals surface area (Å²) >= 11 is 0. The number of nitriles is 1. The molecule has 2 N–H and O–H groups in total. The quantitative estimate of drug-likeness (QED) is 0.695. The molecule has 7 heteroatoms. The van der Waals surface area contributed by atoms with Crippen LogP contribution in [0.25, 0.3) is 11.1 Å². The number of rotatable bonds is 4. The Balaban J connectivity index is 1.52. The fourth-order valence-corrected chi connectivity index (χ4v) is 3.84. The van der Waals surface area contributed by atoms with Crippen LogP contribution in [0.15, 0.2) is 73.1 Å². The van der Waals surface area contributed by atoms with Crippen LogP contribution in [0.4, 0.5) is 14.9 Å². The first-order valence-electron chi connectivity index (χ1n) is 9.48. The number of anilines is 1. The summed E-state index contributed by atoms with van der Waals surface area (Å²) in [4.78, 5) is 18.1. The molecule has 1 aliphatic heterocycles. The van der Waals surface area contributed by atoms with Crippen molar-refractivity contribution in [2.75, 3.05) is 11.9 Å². The maximum atomic E-state index is 13.1. The summed E-state index contributed by atoms with van der Waals surface area (Å²) in [6.45, 7) is -0.274. The number of hydrogen-bond acceptors (Lipinski definition) is 4. The summed E-state index contributed by atoms with van der Waals surface area (Å²) in [6.07, 6.45) is 3.48. The third-order valence-corrected chi connectivity index (χ3v) is 5.35. The molecule has 6 nitrogen and oxygen atoms in total. The summed E-state index contributed by atoms with van der Waals surface area (Å²) in [5.74, 6) is -0.711. The van der Waals surface area contributed by atoms with E-state index in [0.717, 1.165) is 16.7 Å². The van der Waals surface area contributed by atoms with E-state index in [1.807, 2.05) is 36.4 Å². The van der Waals surface area contributed by atoms with Crippen LogP contribution >= 0.6 is 0 Å². The van der Waals surface area contributed by atoms with Gasteiger partial charge in [-0.3, -0.25) is 4.98 Å². The lowest BCUT2D eigenvalue weighted by atomic mass is 9.76. The van der Waals surface area contributed by atoms with Crippen LogP contribution in [0, 0.1) is 17.1 Å². The Morgan fingerprint density at radius 3 is 2.47 bits per heavy atom. The largest absolute Gasteiger partial charge is 0.394 e. The van der Waals surface area contributed by atoms with Crippen molar-refractivity contribution < 1.29 is 14.3 Å². The minimum absolute atomic E-state index is 0.274. The normalized spacial score (nSPS) is 20.2. The number of aromatic nitrogens is 1. The fraction of sp³-hybridized carbons (Fsp3) is 0.174. The standard InChI is InChI=1S/C23H19FN4O2/c24-18-7-9-19(10-8-18)27-23(30)28-20(12-25)22(21(28)14-29)16-5-3-15(4-6-16)17-2-1-11-26-13-17/h1-11,13,20-22,29H,14H2,(H,27,30)/t20-,21+,22+/m1/s1. The number of urea groups is 1. The van der Waals surface area contributed by atoms with E-state index in [1.165, 1.54) is 29.2 Å². The van der Waals surface area contributed by atoms with Crippen LogP contribution in [0.5, 0.6) is 0 Å². The van der Waals surface area contributed by atoms with Gasteiger partial charge in [-0.05, 0) is 47.0 Å². The van der Waals surface area contributed by atoms with Crippen molar-refractivity contribution in [2.45, 2.75) is 18.0 Å². The molecule has 1 aromatic heterocycles. The fourth-order valence-electron chi connectivity index (χ4n) is 3.84. The van der Waals surface area contributed by atoms with Crippen LogP contribution in [-0.2, 0) is 0 Å². The summed E-state index contributed by atoms with van der Waals surface area (Å²) < 4.78 is 13.1. The lowest BCUT2D eigenvalue weighted by Gasteiger charge is -2.51. The van der Waals surface area contributed by atoms with Crippen molar-refractivity contribution in [3.63, 3.8) is 0 Å². The van der Waals surface area contributed by atoms with E-state index < -0.39 is 23.9 Å². The van der Waals surface area contributed by atoms with Crippen LogP contribution in [0.1, 0.15) is 11.5 Å². The number of likely N-dealkylation sites (tertiary alicyclic amines) is 1. The van der Waals surface area contributed by atoms with Crippen molar-refractivity contribution in [1.29, 1.82) is 5.26 Å². The number of benzene rings is 2. The van der Waals surface area contributed by atoms with Crippen molar-refractivity contribution in [3.05, 3.63) is 84.4 Å². The Morgan fingerprint density at radius 1 is 1.13 bits per heavy atom. The number of nitrogens with zero attached hydrogens (tertiary/aromatic N) is 3. The molecule has 1 aliphatic rings. The van der Waals surface area contributed by atoms with Crippen LogP contribution in [-0.4, -0.2) is 39.7 Å². The molecule has 3 atom stereocenters. The van der Waals surface area contributed by atoms with E-state index in [9.17, 15) is 19.6 Å². The molecule has 2 amide bonds. The minimum Gasteiger partial charge on any atom is -0.394 e. The molecule has 0 spiro atoms. The third kappa shape index (κ3) is 3.61. The number of carbonyl (C=O) groups excluding carboxylic acids is 1. The zero-order valence-electron chi connectivity index (χ0n) is 15.9. The molecule has 150 valence electrons. The molecular weight excluding hydrogens is 383 g/mol. The van der Waals surface area contributed by atoms with Gasteiger partial charge in [-0.25, -0.2) is 9.18 Å². The average molecular weight is 402 g/mol. The van der Waals surface area contributed by atoms with Crippen molar-refractivity contribution in [3.8, 4) is 17.2 Å². The number of halogens is 1. The van der Waals surface area contributed by atoms with E-state index in [2.05, 4.69) is 16.4 Å². The molecule has 0 saturated carbocycles. The maximum Gasteiger partial charge on any atom is 0.323 e.